The Morgan fingerprint density at radius 1 is 1.43 bits per heavy atom. The summed E-state index contributed by atoms with van der Waals surface area (Å²) >= 11 is 0. The van der Waals surface area contributed by atoms with Crippen LogP contribution in [0.2, 0.25) is 0 Å². The topological polar surface area (TPSA) is 61.7 Å². The van der Waals surface area contributed by atoms with E-state index >= 15 is 0 Å². The van der Waals surface area contributed by atoms with Gasteiger partial charge in [-0.15, -0.1) is 0 Å². The molecule has 1 atom stereocenters. The van der Waals surface area contributed by atoms with Crippen LogP contribution < -0.4 is 5.32 Å². The zero-order valence-electron chi connectivity index (χ0n) is 8.83. The fraction of sp³-hybridized carbons (Fsp3) is 1.00. The molecule has 1 fully saturated rings. The van der Waals surface area contributed by atoms with Crippen molar-refractivity contribution in [3.05, 3.63) is 0 Å². The van der Waals surface area contributed by atoms with Gasteiger partial charge in [0, 0.05) is 13.2 Å². The van der Waals surface area contributed by atoms with E-state index in [1.807, 2.05) is 6.92 Å². The average Bonchev–Trinajstić information content (AvgIpc) is 2.27. The highest BCUT2D eigenvalue weighted by Gasteiger charge is 2.23. The highest BCUT2D eigenvalue weighted by molar-refractivity contribution is 4.82. The summed E-state index contributed by atoms with van der Waals surface area (Å²) in [6.07, 6.45) is 2.28. The first-order chi connectivity index (χ1) is 6.70. The van der Waals surface area contributed by atoms with Crippen molar-refractivity contribution in [2.75, 3.05) is 33.0 Å². The molecule has 1 rings (SSSR count). The largest absolute Gasteiger partial charge is 0.394 e. The van der Waals surface area contributed by atoms with Crippen molar-refractivity contribution in [1.82, 2.24) is 5.32 Å². The van der Waals surface area contributed by atoms with Crippen LogP contribution >= 0.6 is 0 Å². The molecule has 1 aliphatic rings. The quantitative estimate of drug-likeness (QED) is 0.576. The van der Waals surface area contributed by atoms with Gasteiger partial charge in [-0.05, 0) is 25.7 Å². The summed E-state index contributed by atoms with van der Waals surface area (Å²) in [5, 5.41) is 21.3. The van der Waals surface area contributed by atoms with Gasteiger partial charge in [-0.25, -0.2) is 0 Å². The monoisotopic (exact) mass is 203 g/mol. The third kappa shape index (κ3) is 3.53. The Bertz CT molecular complexity index is 153. The molecule has 1 unspecified atom stereocenters. The molecule has 84 valence electrons. The highest BCUT2D eigenvalue weighted by atomic mass is 16.5. The second-order valence-corrected chi connectivity index (χ2v) is 4.34. The second kappa shape index (κ2) is 5.66. The van der Waals surface area contributed by atoms with Gasteiger partial charge >= 0.3 is 0 Å². The Kier molecular flexibility index (Phi) is 4.81. The molecule has 1 saturated heterocycles. The number of nitrogens with one attached hydrogen (secondary N) is 1. The lowest BCUT2D eigenvalue weighted by Crippen LogP contribution is -2.51. The maximum absolute atomic E-state index is 9.06. The van der Waals surface area contributed by atoms with Gasteiger partial charge in [0.1, 0.15) is 0 Å². The molecule has 0 spiro atoms. The molecule has 14 heavy (non-hydrogen) atoms. The van der Waals surface area contributed by atoms with Gasteiger partial charge in [0.05, 0.1) is 25.4 Å². The Hall–Kier alpha value is -0.160. The standard InChI is InChI=1S/C10H21NO3/c1-10(7-12,8-13)11-5-9-3-2-4-14-6-9/h9,11-13H,2-8H2,1H3. The number of rotatable bonds is 5. The van der Waals surface area contributed by atoms with Crippen molar-refractivity contribution in [2.45, 2.75) is 25.3 Å². The van der Waals surface area contributed by atoms with E-state index in [1.165, 1.54) is 6.42 Å². The van der Waals surface area contributed by atoms with E-state index in [4.69, 9.17) is 14.9 Å². The maximum Gasteiger partial charge on any atom is 0.0633 e. The summed E-state index contributed by atoms with van der Waals surface area (Å²) in [6, 6.07) is 0. The molecule has 0 radical (unpaired) electrons. The van der Waals surface area contributed by atoms with Crippen molar-refractivity contribution >= 4 is 0 Å². The van der Waals surface area contributed by atoms with Gasteiger partial charge in [-0.3, -0.25) is 0 Å². The van der Waals surface area contributed by atoms with Gasteiger partial charge in [0.25, 0.3) is 0 Å². The summed E-state index contributed by atoms with van der Waals surface area (Å²) < 4.78 is 5.35. The minimum absolute atomic E-state index is 0.0446. The predicted octanol–water partition coefficient (Wildman–Crippen LogP) is -0.254. The number of hydrogen-bond donors (Lipinski definition) is 3. The molecule has 4 nitrogen and oxygen atoms in total. The molecule has 0 aromatic rings. The van der Waals surface area contributed by atoms with E-state index in [1.54, 1.807) is 0 Å². The molecular weight excluding hydrogens is 182 g/mol. The van der Waals surface area contributed by atoms with Crippen LogP contribution in [0.1, 0.15) is 19.8 Å². The number of aliphatic hydroxyl groups is 2. The van der Waals surface area contributed by atoms with E-state index in [0.29, 0.717) is 5.92 Å². The summed E-state index contributed by atoms with van der Waals surface area (Å²) in [7, 11) is 0. The molecule has 3 N–H and O–H groups in total. The van der Waals surface area contributed by atoms with E-state index in [-0.39, 0.29) is 13.2 Å². The van der Waals surface area contributed by atoms with E-state index in [2.05, 4.69) is 5.32 Å². The van der Waals surface area contributed by atoms with Gasteiger partial charge in [-0.1, -0.05) is 0 Å². The summed E-state index contributed by atoms with van der Waals surface area (Å²) in [5.74, 6) is 0.515. The second-order valence-electron chi connectivity index (χ2n) is 4.34. The van der Waals surface area contributed by atoms with E-state index in [0.717, 1.165) is 26.2 Å². The lowest BCUT2D eigenvalue weighted by atomic mass is 9.99. The van der Waals surface area contributed by atoms with Gasteiger partial charge < -0.3 is 20.3 Å². The zero-order chi connectivity index (χ0) is 10.4. The Labute approximate surface area is 85.3 Å². The normalized spacial score (nSPS) is 23.8. The van der Waals surface area contributed by atoms with Gasteiger partial charge in [0.2, 0.25) is 0 Å². The van der Waals surface area contributed by atoms with Crippen molar-refractivity contribution < 1.29 is 14.9 Å². The van der Waals surface area contributed by atoms with Crippen LogP contribution in [0.25, 0.3) is 0 Å². The van der Waals surface area contributed by atoms with Crippen LogP contribution in [0.3, 0.4) is 0 Å². The van der Waals surface area contributed by atoms with Crippen LogP contribution in [0.5, 0.6) is 0 Å². The minimum atomic E-state index is -0.558. The summed E-state index contributed by atoms with van der Waals surface area (Å²) in [4.78, 5) is 0. The Morgan fingerprint density at radius 3 is 2.64 bits per heavy atom. The molecule has 0 aliphatic carbocycles. The van der Waals surface area contributed by atoms with E-state index in [9.17, 15) is 0 Å². The lowest BCUT2D eigenvalue weighted by Gasteiger charge is -2.30. The maximum atomic E-state index is 9.06. The fourth-order valence-corrected chi connectivity index (χ4v) is 1.52. The Balaban J connectivity index is 2.23. The van der Waals surface area contributed by atoms with Crippen molar-refractivity contribution in [3.63, 3.8) is 0 Å². The first kappa shape index (κ1) is 11.9. The first-order valence-electron chi connectivity index (χ1n) is 5.25. The van der Waals surface area contributed by atoms with Crippen molar-refractivity contribution in [1.29, 1.82) is 0 Å². The number of hydrogen-bond acceptors (Lipinski definition) is 4. The molecule has 0 amide bonds. The highest BCUT2D eigenvalue weighted by Crippen LogP contribution is 2.13. The molecule has 0 aromatic carbocycles. The smallest absolute Gasteiger partial charge is 0.0633 e. The minimum Gasteiger partial charge on any atom is -0.394 e. The third-order valence-electron chi connectivity index (χ3n) is 2.77. The number of ether oxygens (including phenoxy) is 1. The van der Waals surface area contributed by atoms with E-state index < -0.39 is 5.54 Å². The van der Waals surface area contributed by atoms with Crippen LogP contribution in [-0.2, 0) is 4.74 Å². The van der Waals surface area contributed by atoms with Crippen LogP contribution in [0, 0.1) is 5.92 Å². The third-order valence-corrected chi connectivity index (χ3v) is 2.77. The van der Waals surface area contributed by atoms with Crippen molar-refractivity contribution in [3.8, 4) is 0 Å². The van der Waals surface area contributed by atoms with Gasteiger partial charge in [0.15, 0.2) is 0 Å². The average molecular weight is 203 g/mol. The van der Waals surface area contributed by atoms with Crippen LogP contribution in [-0.4, -0.2) is 48.7 Å². The predicted molar refractivity (Wildman–Crippen MR) is 54.1 cm³/mol. The summed E-state index contributed by atoms with van der Waals surface area (Å²) in [6.45, 7) is 4.19. The Morgan fingerprint density at radius 2 is 2.14 bits per heavy atom. The molecule has 0 bridgehead atoms. The summed E-state index contributed by atoms with van der Waals surface area (Å²) in [5.41, 5.74) is -0.558. The van der Waals surface area contributed by atoms with Crippen molar-refractivity contribution in [2.24, 2.45) is 5.92 Å². The molecule has 4 heteroatoms. The first-order valence-corrected chi connectivity index (χ1v) is 5.25. The molecule has 0 saturated carbocycles. The molecule has 1 heterocycles. The van der Waals surface area contributed by atoms with Gasteiger partial charge in [-0.2, -0.15) is 0 Å². The zero-order valence-corrected chi connectivity index (χ0v) is 8.83. The fourth-order valence-electron chi connectivity index (χ4n) is 1.52. The molecule has 1 aliphatic heterocycles. The van der Waals surface area contributed by atoms with Crippen LogP contribution in [0.15, 0.2) is 0 Å². The molecular formula is C10H21NO3. The number of aliphatic hydroxyl groups excluding tert-OH is 2. The molecule has 0 aromatic heterocycles. The lowest BCUT2D eigenvalue weighted by molar-refractivity contribution is 0.0430. The SMILES string of the molecule is CC(CO)(CO)NCC1CCCOC1. The van der Waals surface area contributed by atoms with Crippen LogP contribution in [0.4, 0.5) is 0 Å².